The number of rotatable bonds is 14. The molecule has 6 nitrogen and oxygen atoms in total. The molecule has 2 fully saturated rings. The third-order valence-corrected chi connectivity index (χ3v) is 6.32. The topological polar surface area (TPSA) is 76.1 Å². The molecule has 0 aromatic heterocycles. The van der Waals surface area contributed by atoms with Gasteiger partial charge in [-0.1, -0.05) is 39.0 Å². The summed E-state index contributed by atoms with van der Waals surface area (Å²) >= 11 is 0. The van der Waals surface area contributed by atoms with Gasteiger partial charge < -0.3 is 19.5 Å². The fourth-order valence-electron chi connectivity index (χ4n) is 4.57. The van der Waals surface area contributed by atoms with Crippen molar-refractivity contribution in [2.24, 2.45) is 0 Å². The highest BCUT2D eigenvalue weighted by Gasteiger charge is 2.47. The molecule has 0 radical (unpaired) electrons. The number of hydrogen-bond donors (Lipinski definition) is 1. The van der Waals surface area contributed by atoms with Crippen molar-refractivity contribution in [2.75, 3.05) is 13.2 Å². The van der Waals surface area contributed by atoms with E-state index in [9.17, 15) is 14.7 Å². The molecule has 0 aromatic rings. The quantitative estimate of drug-likeness (QED) is 0.346. The van der Waals surface area contributed by atoms with Gasteiger partial charge in [0, 0.05) is 13.0 Å². The zero-order valence-corrected chi connectivity index (χ0v) is 18.7. The fourth-order valence-corrected chi connectivity index (χ4v) is 4.57. The lowest BCUT2D eigenvalue weighted by molar-refractivity contribution is -0.143. The molecule has 2 aliphatic rings. The van der Waals surface area contributed by atoms with E-state index in [1.165, 1.54) is 12.8 Å². The number of ether oxygens (including phenoxy) is 2. The number of carbonyl (C=O) groups excluding carboxylic acids is 2. The first-order valence-electron chi connectivity index (χ1n) is 11.7. The summed E-state index contributed by atoms with van der Waals surface area (Å²) in [5.41, 5.74) is -0.710. The molecule has 0 aliphatic carbocycles. The van der Waals surface area contributed by atoms with Crippen molar-refractivity contribution in [2.45, 2.75) is 122 Å². The van der Waals surface area contributed by atoms with E-state index in [4.69, 9.17) is 9.47 Å². The standard InChI is InChI=1S/C23H41NO5/c1-4-6-7-10-13-23(3,27)14-15-24-19-16-18(29-20(19)17-21(24)25)11-8-9-12-22(26)28-5-2/h18-20,27H,4-17H2,1-3H3. The van der Waals surface area contributed by atoms with Crippen molar-refractivity contribution < 1.29 is 24.2 Å². The molecule has 0 bridgehead atoms. The minimum Gasteiger partial charge on any atom is -0.466 e. The summed E-state index contributed by atoms with van der Waals surface area (Å²) < 4.78 is 11.1. The monoisotopic (exact) mass is 411 g/mol. The average molecular weight is 412 g/mol. The third-order valence-electron chi connectivity index (χ3n) is 6.32. The summed E-state index contributed by atoms with van der Waals surface area (Å²) in [5.74, 6) is 0.0257. The minimum atomic E-state index is -0.710. The molecule has 0 aromatic carbocycles. The summed E-state index contributed by atoms with van der Waals surface area (Å²) in [6.45, 7) is 6.95. The first kappa shape index (κ1) is 24.1. The second-order valence-electron chi connectivity index (χ2n) is 9.00. The van der Waals surface area contributed by atoms with Gasteiger partial charge in [-0.3, -0.25) is 9.59 Å². The van der Waals surface area contributed by atoms with Gasteiger partial charge in [0.05, 0.1) is 36.9 Å². The lowest BCUT2D eigenvalue weighted by Crippen LogP contribution is -2.39. The average Bonchev–Trinajstić information content (AvgIpc) is 3.17. The number of amides is 1. The SMILES string of the molecule is CCCCCCC(C)(O)CCN1C(=O)CC2OC(CCCCC(=O)OCC)CC21. The first-order chi connectivity index (χ1) is 13.9. The van der Waals surface area contributed by atoms with Gasteiger partial charge in [-0.15, -0.1) is 0 Å². The summed E-state index contributed by atoms with van der Waals surface area (Å²) in [6, 6.07) is 0.147. The zero-order chi connectivity index (χ0) is 21.3. The zero-order valence-electron chi connectivity index (χ0n) is 18.7. The molecule has 1 amide bonds. The highest BCUT2D eigenvalue weighted by atomic mass is 16.5. The molecular weight excluding hydrogens is 370 g/mol. The Morgan fingerprint density at radius 3 is 2.72 bits per heavy atom. The largest absolute Gasteiger partial charge is 0.466 e. The lowest BCUT2D eigenvalue weighted by Gasteiger charge is -2.29. The summed E-state index contributed by atoms with van der Waals surface area (Å²) in [6.07, 6.45) is 10.6. The normalized spacial score (nSPS) is 25.9. The van der Waals surface area contributed by atoms with Crippen LogP contribution >= 0.6 is 0 Å². The molecule has 2 saturated heterocycles. The lowest BCUT2D eigenvalue weighted by atomic mass is 9.94. The van der Waals surface area contributed by atoms with Crippen molar-refractivity contribution in [3.05, 3.63) is 0 Å². The van der Waals surface area contributed by atoms with Crippen LogP contribution in [-0.4, -0.2) is 58.9 Å². The van der Waals surface area contributed by atoms with Crippen molar-refractivity contribution >= 4 is 11.9 Å². The van der Waals surface area contributed by atoms with Gasteiger partial charge in [0.15, 0.2) is 0 Å². The molecule has 4 unspecified atom stereocenters. The van der Waals surface area contributed by atoms with Crippen LogP contribution in [0.4, 0.5) is 0 Å². The second kappa shape index (κ2) is 11.9. The van der Waals surface area contributed by atoms with Crippen LogP contribution in [0.25, 0.3) is 0 Å². The Morgan fingerprint density at radius 1 is 1.21 bits per heavy atom. The van der Waals surface area contributed by atoms with Gasteiger partial charge in [-0.2, -0.15) is 0 Å². The maximum atomic E-state index is 12.4. The van der Waals surface area contributed by atoms with Crippen LogP contribution in [0.1, 0.15) is 97.8 Å². The third kappa shape index (κ3) is 7.89. The highest BCUT2D eigenvalue weighted by Crippen LogP contribution is 2.36. The molecule has 29 heavy (non-hydrogen) atoms. The van der Waals surface area contributed by atoms with E-state index in [1.807, 2.05) is 18.7 Å². The Bertz CT molecular complexity index is 521. The van der Waals surface area contributed by atoms with Crippen LogP contribution in [0.15, 0.2) is 0 Å². The Morgan fingerprint density at radius 2 is 2.00 bits per heavy atom. The first-order valence-corrected chi connectivity index (χ1v) is 11.7. The van der Waals surface area contributed by atoms with Gasteiger partial charge in [-0.25, -0.2) is 0 Å². The second-order valence-corrected chi connectivity index (χ2v) is 9.00. The summed E-state index contributed by atoms with van der Waals surface area (Å²) in [4.78, 5) is 25.8. The number of nitrogens with zero attached hydrogens (tertiary/aromatic N) is 1. The summed E-state index contributed by atoms with van der Waals surface area (Å²) in [5, 5.41) is 10.7. The van der Waals surface area contributed by atoms with Crippen LogP contribution in [0.5, 0.6) is 0 Å². The van der Waals surface area contributed by atoms with Crippen LogP contribution in [0.3, 0.4) is 0 Å². The molecule has 168 valence electrons. The van der Waals surface area contributed by atoms with E-state index in [2.05, 4.69) is 6.92 Å². The predicted molar refractivity (Wildman–Crippen MR) is 112 cm³/mol. The van der Waals surface area contributed by atoms with E-state index in [-0.39, 0.29) is 30.1 Å². The van der Waals surface area contributed by atoms with Gasteiger partial charge in [0.25, 0.3) is 0 Å². The van der Waals surface area contributed by atoms with Crippen LogP contribution in [-0.2, 0) is 19.1 Å². The van der Waals surface area contributed by atoms with Crippen molar-refractivity contribution in [3.63, 3.8) is 0 Å². The number of carbonyl (C=O) groups is 2. The maximum Gasteiger partial charge on any atom is 0.305 e. The number of aliphatic hydroxyl groups is 1. The molecule has 2 rings (SSSR count). The Labute approximate surface area is 176 Å². The molecule has 2 aliphatic heterocycles. The van der Waals surface area contributed by atoms with Crippen LogP contribution in [0, 0.1) is 0 Å². The predicted octanol–water partition coefficient (Wildman–Crippen LogP) is 3.98. The summed E-state index contributed by atoms with van der Waals surface area (Å²) in [7, 11) is 0. The van der Waals surface area contributed by atoms with Crippen molar-refractivity contribution in [1.29, 1.82) is 0 Å². The number of likely N-dealkylation sites (tertiary alicyclic amines) is 1. The molecule has 0 spiro atoms. The number of fused-ring (bicyclic) bond motifs is 1. The number of hydrogen-bond acceptors (Lipinski definition) is 5. The number of esters is 1. The van der Waals surface area contributed by atoms with Crippen molar-refractivity contribution in [1.82, 2.24) is 4.90 Å². The maximum absolute atomic E-state index is 12.4. The van der Waals surface area contributed by atoms with E-state index in [1.54, 1.807) is 0 Å². The van der Waals surface area contributed by atoms with E-state index >= 15 is 0 Å². The number of unbranched alkanes of at least 4 members (excludes halogenated alkanes) is 4. The van der Waals surface area contributed by atoms with Crippen molar-refractivity contribution in [3.8, 4) is 0 Å². The molecule has 2 heterocycles. The van der Waals surface area contributed by atoms with Crippen LogP contribution in [0.2, 0.25) is 0 Å². The van der Waals surface area contributed by atoms with Gasteiger partial charge in [0.2, 0.25) is 5.91 Å². The van der Waals surface area contributed by atoms with Crippen LogP contribution < -0.4 is 0 Å². The molecule has 6 heteroatoms. The molecule has 0 saturated carbocycles. The van der Waals surface area contributed by atoms with Gasteiger partial charge in [0.1, 0.15) is 0 Å². The molecule has 4 atom stereocenters. The molecule has 1 N–H and O–H groups in total. The smallest absolute Gasteiger partial charge is 0.305 e. The Kier molecular flexibility index (Phi) is 9.90. The highest BCUT2D eigenvalue weighted by molar-refractivity contribution is 5.80. The fraction of sp³-hybridized carbons (Fsp3) is 0.913. The van der Waals surface area contributed by atoms with Gasteiger partial charge >= 0.3 is 5.97 Å². The van der Waals surface area contributed by atoms with E-state index < -0.39 is 5.60 Å². The Balaban J connectivity index is 1.70. The molecular formula is C23H41NO5. The van der Waals surface area contributed by atoms with Gasteiger partial charge in [-0.05, 0) is 46.0 Å². The minimum absolute atomic E-state index is 0.00735. The van der Waals surface area contributed by atoms with E-state index in [0.717, 1.165) is 44.9 Å². The Hall–Kier alpha value is -1.14. The van der Waals surface area contributed by atoms with E-state index in [0.29, 0.717) is 32.4 Å².